The third-order valence-corrected chi connectivity index (χ3v) is 2.72. The van der Waals surface area contributed by atoms with Crippen LogP contribution in [0.3, 0.4) is 0 Å². The van der Waals surface area contributed by atoms with Crippen LogP contribution in [0.2, 0.25) is 0 Å². The molecule has 2 aromatic rings. The molecule has 0 amide bonds. The molecular weight excluding hydrogens is 219 g/mol. The number of benzene rings is 1. The van der Waals surface area contributed by atoms with E-state index in [1.807, 2.05) is 0 Å². The van der Waals surface area contributed by atoms with Crippen LogP contribution in [-0.4, -0.2) is 4.57 Å². The average molecular weight is 232 g/mol. The van der Waals surface area contributed by atoms with Crippen molar-refractivity contribution in [3.63, 3.8) is 0 Å². The van der Waals surface area contributed by atoms with E-state index in [9.17, 15) is 9.18 Å². The highest BCUT2D eigenvalue weighted by molar-refractivity contribution is 5.47. The summed E-state index contributed by atoms with van der Waals surface area (Å²) >= 11 is 0. The number of hydrogen-bond acceptors (Lipinski definition) is 2. The van der Waals surface area contributed by atoms with Gasteiger partial charge in [-0.3, -0.25) is 9.36 Å². The fraction of sp³-hybridized carbons (Fsp3) is 0.154. The Hall–Kier alpha value is -2.10. The number of aromatic nitrogens is 1. The van der Waals surface area contributed by atoms with Crippen molar-refractivity contribution in [2.24, 2.45) is 0 Å². The summed E-state index contributed by atoms with van der Waals surface area (Å²) in [5.41, 5.74) is 6.90. The summed E-state index contributed by atoms with van der Waals surface area (Å²) < 4.78 is 15.1. The summed E-state index contributed by atoms with van der Waals surface area (Å²) in [7, 11) is 0. The number of pyridine rings is 1. The van der Waals surface area contributed by atoms with Crippen molar-refractivity contribution in [2.75, 3.05) is 5.73 Å². The van der Waals surface area contributed by atoms with E-state index >= 15 is 0 Å². The monoisotopic (exact) mass is 232 g/mol. The summed E-state index contributed by atoms with van der Waals surface area (Å²) in [5.74, 6) is -0.430. The summed E-state index contributed by atoms with van der Waals surface area (Å²) in [5, 5.41) is 0. The minimum Gasteiger partial charge on any atom is -0.394 e. The molecule has 1 aromatic heterocycles. The molecule has 0 aliphatic carbocycles. The first-order chi connectivity index (χ1) is 8.02. The van der Waals surface area contributed by atoms with Crippen LogP contribution in [0.15, 0.2) is 35.1 Å². The van der Waals surface area contributed by atoms with Crippen LogP contribution in [0.25, 0.3) is 5.69 Å². The van der Waals surface area contributed by atoms with Gasteiger partial charge >= 0.3 is 0 Å². The molecule has 0 fully saturated rings. The van der Waals surface area contributed by atoms with Crippen LogP contribution in [-0.2, 0) is 0 Å². The molecule has 0 aliphatic rings. The molecule has 0 spiro atoms. The number of anilines is 1. The molecule has 0 radical (unpaired) electrons. The van der Waals surface area contributed by atoms with Gasteiger partial charge in [-0.05, 0) is 37.6 Å². The summed E-state index contributed by atoms with van der Waals surface area (Å²) in [6.45, 7) is 3.50. The smallest absolute Gasteiger partial charge is 0.278 e. The number of nitrogens with two attached hydrogens (primary N) is 1. The van der Waals surface area contributed by atoms with Crippen LogP contribution in [0.5, 0.6) is 0 Å². The van der Waals surface area contributed by atoms with Gasteiger partial charge < -0.3 is 5.73 Å². The van der Waals surface area contributed by atoms with Crippen molar-refractivity contribution in [3.8, 4) is 5.69 Å². The number of rotatable bonds is 1. The number of aryl methyl sites for hydroxylation is 2. The Labute approximate surface area is 98.3 Å². The van der Waals surface area contributed by atoms with Gasteiger partial charge in [0.1, 0.15) is 5.82 Å². The number of nitrogen functional groups attached to an aromatic ring is 1. The molecule has 0 saturated carbocycles. The van der Waals surface area contributed by atoms with Gasteiger partial charge in [-0.2, -0.15) is 0 Å². The molecule has 88 valence electrons. The zero-order valence-electron chi connectivity index (χ0n) is 9.70. The van der Waals surface area contributed by atoms with E-state index in [1.165, 1.54) is 16.7 Å². The molecule has 1 heterocycles. The lowest BCUT2D eigenvalue weighted by atomic mass is 10.1. The fourth-order valence-corrected chi connectivity index (χ4v) is 1.83. The molecule has 0 aliphatic heterocycles. The van der Waals surface area contributed by atoms with Gasteiger partial charge in [-0.25, -0.2) is 4.39 Å². The van der Waals surface area contributed by atoms with Crippen LogP contribution >= 0.6 is 0 Å². The van der Waals surface area contributed by atoms with E-state index in [0.717, 1.165) is 0 Å². The Balaban J connectivity index is 2.87. The van der Waals surface area contributed by atoms with Gasteiger partial charge in [-0.15, -0.1) is 0 Å². The first-order valence-corrected chi connectivity index (χ1v) is 5.26. The minimum absolute atomic E-state index is 0.109. The molecule has 0 saturated heterocycles. The van der Waals surface area contributed by atoms with Crippen LogP contribution in [0.1, 0.15) is 11.3 Å². The summed E-state index contributed by atoms with van der Waals surface area (Å²) in [4.78, 5) is 12.0. The van der Waals surface area contributed by atoms with E-state index in [-0.39, 0.29) is 11.4 Å². The molecule has 1 aromatic carbocycles. The Morgan fingerprint density at radius 1 is 1.18 bits per heavy atom. The second-order valence-corrected chi connectivity index (χ2v) is 3.98. The number of nitrogens with zero attached hydrogens (tertiary/aromatic N) is 1. The number of para-hydroxylation sites is 1. The maximum atomic E-state index is 13.8. The van der Waals surface area contributed by atoms with Gasteiger partial charge in [0, 0.05) is 5.69 Å². The molecule has 17 heavy (non-hydrogen) atoms. The van der Waals surface area contributed by atoms with Gasteiger partial charge in [0.05, 0.1) is 11.4 Å². The topological polar surface area (TPSA) is 48.0 Å². The van der Waals surface area contributed by atoms with Gasteiger partial charge in [0.15, 0.2) is 0 Å². The van der Waals surface area contributed by atoms with Crippen LogP contribution in [0, 0.1) is 19.7 Å². The molecule has 2 rings (SSSR count). The highest BCUT2D eigenvalue weighted by Crippen LogP contribution is 2.18. The predicted octanol–water partition coefficient (Wildman–Crippen LogP) is 2.18. The van der Waals surface area contributed by atoms with E-state index in [1.54, 1.807) is 32.0 Å². The normalized spacial score (nSPS) is 10.5. The van der Waals surface area contributed by atoms with Crippen LogP contribution < -0.4 is 11.3 Å². The Morgan fingerprint density at radius 2 is 1.88 bits per heavy atom. The number of hydrogen-bond donors (Lipinski definition) is 1. The molecule has 0 atom stereocenters. The Kier molecular flexibility index (Phi) is 2.71. The van der Waals surface area contributed by atoms with Gasteiger partial charge in [0.2, 0.25) is 0 Å². The molecule has 0 unspecified atom stereocenters. The molecule has 2 N–H and O–H groups in total. The molecule has 4 heteroatoms. The first-order valence-electron chi connectivity index (χ1n) is 5.26. The maximum absolute atomic E-state index is 13.8. The fourth-order valence-electron chi connectivity index (χ4n) is 1.83. The third-order valence-electron chi connectivity index (χ3n) is 2.72. The summed E-state index contributed by atoms with van der Waals surface area (Å²) in [6, 6.07) is 7.93. The SMILES string of the molecule is Cc1cccc(F)c1-n1c(C)ccc(N)c1=O. The van der Waals surface area contributed by atoms with Crippen molar-refractivity contribution in [1.82, 2.24) is 4.57 Å². The Morgan fingerprint density at radius 3 is 2.53 bits per heavy atom. The highest BCUT2D eigenvalue weighted by atomic mass is 19.1. The van der Waals surface area contributed by atoms with E-state index < -0.39 is 11.4 Å². The second kappa shape index (κ2) is 4.05. The second-order valence-electron chi connectivity index (χ2n) is 3.98. The first kappa shape index (κ1) is 11.4. The largest absolute Gasteiger partial charge is 0.394 e. The predicted molar refractivity (Wildman–Crippen MR) is 65.9 cm³/mol. The highest BCUT2D eigenvalue weighted by Gasteiger charge is 2.12. The zero-order valence-corrected chi connectivity index (χ0v) is 9.70. The maximum Gasteiger partial charge on any atom is 0.278 e. The van der Waals surface area contributed by atoms with E-state index in [4.69, 9.17) is 5.73 Å². The van der Waals surface area contributed by atoms with Gasteiger partial charge in [-0.1, -0.05) is 12.1 Å². The van der Waals surface area contributed by atoms with E-state index in [0.29, 0.717) is 11.3 Å². The van der Waals surface area contributed by atoms with Crippen molar-refractivity contribution in [3.05, 3.63) is 57.8 Å². The molecule has 0 bridgehead atoms. The standard InChI is InChI=1S/C13H13FN2O/c1-8-4-3-5-10(14)12(8)16-9(2)6-7-11(15)13(16)17/h3-7H,15H2,1-2H3. The third kappa shape index (κ3) is 1.82. The molecule has 3 nitrogen and oxygen atoms in total. The van der Waals surface area contributed by atoms with Crippen molar-refractivity contribution in [2.45, 2.75) is 13.8 Å². The van der Waals surface area contributed by atoms with Gasteiger partial charge in [0.25, 0.3) is 5.56 Å². The lowest BCUT2D eigenvalue weighted by Gasteiger charge is -2.13. The van der Waals surface area contributed by atoms with Crippen molar-refractivity contribution in [1.29, 1.82) is 0 Å². The molecular formula is C13H13FN2O. The van der Waals surface area contributed by atoms with E-state index in [2.05, 4.69) is 0 Å². The minimum atomic E-state index is -0.430. The zero-order chi connectivity index (χ0) is 12.6. The summed E-state index contributed by atoms with van der Waals surface area (Å²) in [6.07, 6.45) is 0. The quantitative estimate of drug-likeness (QED) is 0.819. The lowest BCUT2D eigenvalue weighted by molar-refractivity contribution is 0.613. The Bertz CT molecular complexity index is 612. The average Bonchev–Trinajstić information content (AvgIpc) is 2.28. The lowest BCUT2D eigenvalue weighted by Crippen LogP contribution is -2.24. The van der Waals surface area contributed by atoms with Crippen molar-refractivity contribution >= 4 is 5.69 Å². The van der Waals surface area contributed by atoms with Crippen LogP contribution in [0.4, 0.5) is 10.1 Å². The van der Waals surface area contributed by atoms with Crippen molar-refractivity contribution < 1.29 is 4.39 Å². The number of halogens is 1.